The molecule has 0 unspecified atom stereocenters. The monoisotopic (exact) mass is 375 g/mol. The van der Waals surface area contributed by atoms with Gasteiger partial charge in [-0.3, -0.25) is 0 Å². The van der Waals surface area contributed by atoms with E-state index in [0.29, 0.717) is 11.8 Å². The van der Waals surface area contributed by atoms with Crippen molar-refractivity contribution in [2.24, 2.45) is 0 Å². The summed E-state index contributed by atoms with van der Waals surface area (Å²) in [4.78, 5) is 18.8. The molecule has 0 saturated carbocycles. The second-order valence-corrected chi connectivity index (χ2v) is 6.46. The number of hydrogen-bond acceptors (Lipinski definition) is 8. The number of rotatable bonds is 4. The van der Waals surface area contributed by atoms with Crippen molar-refractivity contribution in [2.45, 2.75) is 6.42 Å². The van der Waals surface area contributed by atoms with Crippen molar-refractivity contribution in [3.8, 4) is 17.1 Å². The fourth-order valence-corrected chi connectivity index (χ4v) is 3.26. The van der Waals surface area contributed by atoms with Crippen LogP contribution in [-0.2, 0) is 0 Å². The fourth-order valence-electron chi connectivity index (χ4n) is 3.26. The van der Waals surface area contributed by atoms with Crippen LogP contribution in [0.2, 0.25) is 0 Å². The molecule has 3 heterocycles. The number of nitrogen functional groups attached to an aromatic ring is 2. The standard InChI is InChI=1S/C20H21N7O/c1-28-20-24-10-15(11-25-20)14-3-2-4-16(9-14)27-7-5-13(6-8-27)17-12-23-19(22)26-18(17)21/h2-5,9-12H,6-8H2,1H3,(H4,21,22,23,26). The average molecular weight is 375 g/mol. The zero-order valence-corrected chi connectivity index (χ0v) is 15.5. The average Bonchev–Trinajstić information content (AvgIpc) is 2.74. The molecule has 4 rings (SSSR count). The molecule has 1 aliphatic heterocycles. The highest BCUT2D eigenvalue weighted by Crippen LogP contribution is 2.30. The number of nitrogens with two attached hydrogens (primary N) is 2. The lowest BCUT2D eigenvalue weighted by Gasteiger charge is -2.29. The van der Waals surface area contributed by atoms with Crippen LogP contribution in [0.3, 0.4) is 0 Å². The first-order chi connectivity index (χ1) is 13.6. The van der Waals surface area contributed by atoms with Crippen LogP contribution in [0.4, 0.5) is 17.5 Å². The maximum absolute atomic E-state index is 6.00. The van der Waals surface area contributed by atoms with Crippen molar-refractivity contribution in [1.82, 2.24) is 19.9 Å². The maximum atomic E-state index is 6.00. The second kappa shape index (κ2) is 7.51. The van der Waals surface area contributed by atoms with E-state index in [2.05, 4.69) is 43.0 Å². The molecule has 2 aromatic heterocycles. The number of aromatic nitrogens is 4. The van der Waals surface area contributed by atoms with E-state index in [0.717, 1.165) is 47.5 Å². The van der Waals surface area contributed by atoms with Crippen LogP contribution in [0.15, 0.2) is 48.9 Å². The first kappa shape index (κ1) is 17.7. The third kappa shape index (κ3) is 3.57. The van der Waals surface area contributed by atoms with Gasteiger partial charge in [-0.25, -0.2) is 15.0 Å². The maximum Gasteiger partial charge on any atom is 0.316 e. The largest absolute Gasteiger partial charge is 0.467 e. The molecule has 0 bridgehead atoms. The summed E-state index contributed by atoms with van der Waals surface area (Å²) in [6.45, 7) is 1.65. The Morgan fingerprint density at radius 3 is 2.54 bits per heavy atom. The lowest BCUT2D eigenvalue weighted by molar-refractivity contribution is 0.380. The minimum Gasteiger partial charge on any atom is -0.467 e. The molecule has 0 saturated heterocycles. The zero-order chi connectivity index (χ0) is 19.5. The fraction of sp³-hybridized carbons (Fsp3) is 0.200. The molecule has 28 heavy (non-hydrogen) atoms. The molecule has 0 atom stereocenters. The lowest BCUT2D eigenvalue weighted by atomic mass is 10.0. The molecule has 3 aromatic rings. The molecular weight excluding hydrogens is 354 g/mol. The van der Waals surface area contributed by atoms with Gasteiger partial charge in [-0.1, -0.05) is 18.2 Å². The molecule has 8 nitrogen and oxygen atoms in total. The minimum absolute atomic E-state index is 0.193. The van der Waals surface area contributed by atoms with Gasteiger partial charge < -0.3 is 21.1 Å². The number of benzene rings is 1. The molecule has 0 aliphatic carbocycles. The highest BCUT2D eigenvalue weighted by Gasteiger charge is 2.16. The normalized spacial score (nSPS) is 13.9. The summed E-state index contributed by atoms with van der Waals surface area (Å²) in [6, 6.07) is 8.70. The predicted molar refractivity (Wildman–Crippen MR) is 110 cm³/mol. The molecule has 1 aliphatic rings. The van der Waals surface area contributed by atoms with E-state index in [1.807, 2.05) is 12.1 Å². The van der Waals surface area contributed by atoms with Gasteiger partial charge in [0.05, 0.1) is 7.11 Å². The van der Waals surface area contributed by atoms with Crippen molar-refractivity contribution in [2.75, 3.05) is 36.6 Å². The van der Waals surface area contributed by atoms with Gasteiger partial charge in [0.2, 0.25) is 5.95 Å². The third-order valence-electron chi connectivity index (χ3n) is 4.75. The molecule has 0 radical (unpaired) electrons. The van der Waals surface area contributed by atoms with Crippen LogP contribution < -0.4 is 21.1 Å². The first-order valence-corrected chi connectivity index (χ1v) is 8.93. The molecule has 0 amide bonds. The number of anilines is 3. The van der Waals surface area contributed by atoms with E-state index < -0.39 is 0 Å². The van der Waals surface area contributed by atoms with E-state index in [9.17, 15) is 0 Å². The number of hydrogen-bond donors (Lipinski definition) is 2. The Labute approximate surface area is 162 Å². The van der Waals surface area contributed by atoms with Gasteiger partial charge >= 0.3 is 6.01 Å². The van der Waals surface area contributed by atoms with Crippen molar-refractivity contribution in [3.05, 3.63) is 54.5 Å². The van der Waals surface area contributed by atoms with Crippen LogP contribution in [0.5, 0.6) is 6.01 Å². The van der Waals surface area contributed by atoms with Crippen molar-refractivity contribution in [3.63, 3.8) is 0 Å². The molecule has 8 heteroatoms. The second-order valence-electron chi connectivity index (χ2n) is 6.46. The molecule has 142 valence electrons. The summed E-state index contributed by atoms with van der Waals surface area (Å²) in [5.74, 6) is 0.618. The number of ether oxygens (including phenoxy) is 1. The Hall–Kier alpha value is -3.68. The Morgan fingerprint density at radius 1 is 1.04 bits per heavy atom. The van der Waals surface area contributed by atoms with Crippen LogP contribution in [0, 0.1) is 0 Å². The quantitative estimate of drug-likeness (QED) is 0.714. The topological polar surface area (TPSA) is 116 Å². The summed E-state index contributed by atoms with van der Waals surface area (Å²) >= 11 is 0. The van der Waals surface area contributed by atoms with Gasteiger partial charge in [0, 0.05) is 48.5 Å². The third-order valence-corrected chi connectivity index (χ3v) is 4.75. The molecule has 1 aromatic carbocycles. The Kier molecular flexibility index (Phi) is 4.76. The first-order valence-electron chi connectivity index (χ1n) is 8.93. The van der Waals surface area contributed by atoms with Crippen LogP contribution >= 0.6 is 0 Å². The number of methoxy groups -OCH3 is 1. The highest BCUT2D eigenvalue weighted by molar-refractivity contribution is 5.75. The summed E-state index contributed by atoms with van der Waals surface area (Å²) in [5, 5.41) is 0. The van der Waals surface area contributed by atoms with Gasteiger partial charge in [0.15, 0.2) is 0 Å². The van der Waals surface area contributed by atoms with Crippen LogP contribution in [0.1, 0.15) is 12.0 Å². The Bertz CT molecular complexity index is 1020. The lowest BCUT2D eigenvalue weighted by Crippen LogP contribution is -2.28. The summed E-state index contributed by atoms with van der Waals surface area (Å²) < 4.78 is 5.02. The van der Waals surface area contributed by atoms with Gasteiger partial charge in [0.25, 0.3) is 0 Å². The van der Waals surface area contributed by atoms with Crippen LogP contribution in [0.25, 0.3) is 16.7 Å². The molecule has 0 spiro atoms. The number of nitrogens with zero attached hydrogens (tertiary/aromatic N) is 5. The van der Waals surface area contributed by atoms with E-state index in [1.54, 1.807) is 25.7 Å². The van der Waals surface area contributed by atoms with E-state index in [1.165, 1.54) is 0 Å². The van der Waals surface area contributed by atoms with E-state index in [4.69, 9.17) is 16.2 Å². The van der Waals surface area contributed by atoms with E-state index >= 15 is 0 Å². The molecular formula is C20H21N7O. The zero-order valence-electron chi connectivity index (χ0n) is 15.5. The van der Waals surface area contributed by atoms with Gasteiger partial charge in [0.1, 0.15) is 5.82 Å². The predicted octanol–water partition coefficient (Wildman–Crippen LogP) is 2.40. The molecule has 0 fully saturated rings. The molecule has 4 N–H and O–H groups in total. The van der Waals surface area contributed by atoms with Crippen LogP contribution in [-0.4, -0.2) is 40.1 Å². The minimum atomic E-state index is 0.193. The van der Waals surface area contributed by atoms with Crippen molar-refractivity contribution < 1.29 is 4.74 Å². The highest BCUT2D eigenvalue weighted by atomic mass is 16.5. The summed E-state index contributed by atoms with van der Waals surface area (Å²) in [7, 11) is 1.55. The van der Waals surface area contributed by atoms with Gasteiger partial charge in [-0.05, 0) is 29.7 Å². The van der Waals surface area contributed by atoms with E-state index in [-0.39, 0.29) is 5.95 Å². The Morgan fingerprint density at radius 2 is 1.86 bits per heavy atom. The summed E-state index contributed by atoms with van der Waals surface area (Å²) in [6.07, 6.45) is 8.25. The van der Waals surface area contributed by atoms with Crippen molar-refractivity contribution >= 4 is 23.0 Å². The summed E-state index contributed by atoms with van der Waals surface area (Å²) in [5.41, 5.74) is 16.7. The SMILES string of the molecule is COc1ncc(-c2cccc(N3CC=C(c4cnc(N)nc4N)CC3)c2)cn1. The van der Waals surface area contributed by atoms with Gasteiger partial charge in [-0.15, -0.1) is 0 Å². The van der Waals surface area contributed by atoms with Gasteiger partial charge in [-0.2, -0.15) is 4.98 Å². The van der Waals surface area contributed by atoms with Crippen molar-refractivity contribution in [1.29, 1.82) is 0 Å². The smallest absolute Gasteiger partial charge is 0.316 e. The Balaban J connectivity index is 1.53.